The van der Waals surface area contributed by atoms with Crippen LogP contribution in [0.15, 0.2) is 30.6 Å². The molecule has 0 aliphatic rings. The molecule has 1 aromatic carbocycles. The first-order valence-electron chi connectivity index (χ1n) is 5.47. The molecule has 0 unspecified atom stereocenters. The second-order valence-electron chi connectivity index (χ2n) is 4.04. The number of carboxylic acids is 1. The minimum atomic E-state index is -4.82. The molecule has 0 saturated heterocycles. The van der Waals surface area contributed by atoms with E-state index >= 15 is 0 Å². The Labute approximate surface area is 121 Å². The Morgan fingerprint density at radius 2 is 2.00 bits per heavy atom. The lowest BCUT2D eigenvalue weighted by molar-refractivity contribution is -0.138. The number of hydrogen-bond donors (Lipinski definition) is 1. The fraction of sp³-hybridized carbons (Fsp3) is 0.0769. The van der Waals surface area contributed by atoms with Crippen LogP contribution in [0.5, 0.6) is 0 Å². The van der Waals surface area contributed by atoms with E-state index in [0.717, 1.165) is 10.8 Å². The van der Waals surface area contributed by atoms with Crippen LogP contribution >= 0.6 is 11.6 Å². The number of aromatic nitrogens is 1. The highest BCUT2D eigenvalue weighted by atomic mass is 35.5. The van der Waals surface area contributed by atoms with Crippen LogP contribution in [0.4, 0.5) is 13.2 Å². The predicted octanol–water partition coefficient (Wildman–Crippen LogP) is 3.72. The van der Waals surface area contributed by atoms with Crippen molar-refractivity contribution < 1.29 is 23.1 Å². The van der Waals surface area contributed by atoms with Gasteiger partial charge < -0.3 is 9.67 Å². The highest BCUT2D eigenvalue weighted by molar-refractivity contribution is 6.32. The van der Waals surface area contributed by atoms with E-state index in [1.807, 2.05) is 0 Å². The van der Waals surface area contributed by atoms with E-state index < -0.39 is 23.3 Å². The van der Waals surface area contributed by atoms with Gasteiger partial charge in [0.15, 0.2) is 0 Å². The number of alkyl halides is 3. The molecule has 2 aromatic rings. The van der Waals surface area contributed by atoms with Crippen LogP contribution in [0.1, 0.15) is 21.5 Å². The van der Waals surface area contributed by atoms with Crippen molar-refractivity contribution in [2.45, 2.75) is 6.18 Å². The molecule has 0 amide bonds. The lowest BCUT2D eigenvalue weighted by Gasteiger charge is -2.07. The normalized spacial score (nSPS) is 11.2. The summed E-state index contributed by atoms with van der Waals surface area (Å²) in [4.78, 5) is 10.9. The van der Waals surface area contributed by atoms with Gasteiger partial charge in [0.05, 0.1) is 27.4 Å². The summed E-state index contributed by atoms with van der Waals surface area (Å²) in [5.41, 5.74) is -2.16. The molecule has 1 aromatic heterocycles. The SMILES string of the molecule is N#Cc1c(Cl)cccc1-n1cc(C(=O)O)c(C(F)(F)F)c1. The molecule has 4 nitrogen and oxygen atoms in total. The quantitative estimate of drug-likeness (QED) is 0.918. The summed E-state index contributed by atoms with van der Waals surface area (Å²) in [5.74, 6) is -1.71. The molecule has 2 rings (SSSR count). The summed E-state index contributed by atoms with van der Waals surface area (Å²) < 4.78 is 39.4. The molecule has 8 heteroatoms. The molecule has 0 radical (unpaired) electrons. The minimum absolute atomic E-state index is 0.0418. The molecular weight excluding hydrogens is 309 g/mol. The molecule has 0 saturated carbocycles. The van der Waals surface area contributed by atoms with Gasteiger partial charge in [-0.25, -0.2) is 4.79 Å². The first kappa shape index (κ1) is 14.9. The van der Waals surface area contributed by atoms with Gasteiger partial charge in [-0.05, 0) is 12.1 Å². The molecule has 108 valence electrons. The fourth-order valence-corrected chi connectivity index (χ4v) is 2.04. The number of rotatable bonds is 2. The van der Waals surface area contributed by atoms with Crippen LogP contribution in [0, 0.1) is 11.3 Å². The van der Waals surface area contributed by atoms with Crippen LogP contribution in [0.3, 0.4) is 0 Å². The number of aromatic carboxylic acids is 1. The van der Waals surface area contributed by atoms with E-state index in [-0.39, 0.29) is 16.3 Å². The summed E-state index contributed by atoms with van der Waals surface area (Å²) >= 11 is 5.80. The molecule has 0 atom stereocenters. The van der Waals surface area contributed by atoms with Gasteiger partial charge in [0.2, 0.25) is 0 Å². The summed E-state index contributed by atoms with van der Waals surface area (Å²) in [7, 11) is 0. The zero-order valence-corrected chi connectivity index (χ0v) is 10.9. The molecule has 0 bridgehead atoms. The van der Waals surface area contributed by atoms with Crippen LogP contribution in [0.25, 0.3) is 5.69 Å². The van der Waals surface area contributed by atoms with E-state index in [1.165, 1.54) is 18.2 Å². The third-order valence-electron chi connectivity index (χ3n) is 2.74. The van der Waals surface area contributed by atoms with Crippen molar-refractivity contribution >= 4 is 17.6 Å². The van der Waals surface area contributed by atoms with E-state index in [1.54, 1.807) is 6.07 Å². The number of benzene rings is 1. The Kier molecular flexibility index (Phi) is 3.66. The third kappa shape index (κ3) is 2.71. The van der Waals surface area contributed by atoms with Crippen molar-refractivity contribution in [3.63, 3.8) is 0 Å². The largest absolute Gasteiger partial charge is 0.478 e. The summed E-state index contributed by atoms with van der Waals surface area (Å²) in [6, 6.07) is 6.01. The first-order chi connectivity index (χ1) is 9.75. The summed E-state index contributed by atoms with van der Waals surface area (Å²) in [6.07, 6.45) is -3.39. The Morgan fingerprint density at radius 3 is 2.48 bits per heavy atom. The van der Waals surface area contributed by atoms with Crippen molar-refractivity contribution in [3.05, 3.63) is 52.3 Å². The minimum Gasteiger partial charge on any atom is -0.478 e. The molecule has 1 N–H and O–H groups in total. The van der Waals surface area contributed by atoms with E-state index in [9.17, 15) is 18.0 Å². The molecule has 0 aliphatic heterocycles. The van der Waals surface area contributed by atoms with Gasteiger partial charge in [-0.1, -0.05) is 17.7 Å². The average molecular weight is 315 g/mol. The highest BCUT2D eigenvalue weighted by Crippen LogP contribution is 2.34. The maximum atomic E-state index is 12.8. The van der Waals surface area contributed by atoms with Gasteiger partial charge in [-0.3, -0.25) is 0 Å². The number of carboxylic acid groups (broad SMARTS) is 1. The Hall–Kier alpha value is -2.46. The summed E-state index contributed by atoms with van der Waals surface area (Å²) in [6.45, 7) is 0. The lowest BCUT2D eigenvalue weighted by atomic mass is 10.2. The molecule has 0 spiro atoms. The van der Waals surface area contributed by atoms with Gasteiger partial charge in [-0.2, -0.15) is 18.4 Å². The fourth-order valence-electron chi connectivity index (χ4n) is 1.83. The van der Waals surface area contributed by atoms with Gasteiger partial charge in [0.1, 0.15) is 6.07 Å². The van der Waals surface area contributed by atoms with Gasteiger partial charge in [-0.15, -0.1) is 0 Å². The number of halogens is 4. The van der Waals surface area contributed by atoms with Crippen molar-refractivity contribution in [2.75, 3.05) is 0 Å². The summed E-state index contributed by atoms with van der Waals surface area (Å²) in [5, 5.41) is 17.9. The highest BCUT2D eigenvalue weighted by Gasteiger charge is 2.37. The number of hydrogen-bond acceptors (Lipinski definition) is 2. The van der Waals surface area contributed by atoms with Gasteiger partial charge >= 0.3 is 12.1 Å². The molecule has 21 heavy (non-hydrogen) atoms. The van der Waals surface area contributed by atoms with Crippen LogP contribution in [0.2, 0.25) is 5.02 Å². The maximum Gasteiger partial charge on any atom is 0.418 e. The molecule has 0 fully saturated rings. The van der Waals surface area contributed by atoms with Gasteiger partial charge in [0, 0.05) is 12.4 Å². The Morgan fingerprint density at radius 1 is 1.33 bits per heavy atom. The molecular formula is C13H6ClF3N2O2. The molecule has 1 heterocycles. The van der Waals surface area contributed by atoms with E-state index in [0.29, 0.717) is 6.20 Å². The predicted molar refractivity (Wildman–Crippen MR) is 67.5 cm³/mol. The average Bonchev–Trinajstić information content (AvgIpc) is 2.83. The van der Waals surface area contributed by atoms with Crippen molar-refractivity contribution in [1.82, 2.24) is 4.57 Å². The number of nitriles is 1. The van der Waals surface area contributed by atoms with Crippen molar-refractivity contribution in [1.29, 1.82) is 5.26 Å². The second-order valence-corrected chi connectivity index (χ2v) is 4.45. The monoisotopic (exact) mass is 314 g/mol. The van der Waals surface area contributed by atoms with Gasteiger partial charge in [0.25, 0.3) is 0 Å². The standard InChI is InChI=1S/C13H6ClF3N2O2/c14-10-2-1-3-11(7(10)4-18)19-5-8(12(20)21)9(6-19)13(15,16)17/h1-3,5-6H,(H,20,21). The Bertz CT molecular complexity index is 760. The topological polar surface area (TPSA) is 66.0 Å². The maximum absolute atomic E-state index is 12.8. The van der Waals surface area contributed by atoms with E-state index in [4.69, 9.17) is 22.0 Å². The second kappa shape index (κ2) is 5.14. The van der Waals surface area contributed by atoms with Crippen molar-refractivity contribution in [3.8, 4) is 11.8 Å². The third-order valence-corrected chi connectivity index (χ3v) is 3.06. The Balaban J connectivity index is 2.71. The zero-order valence-electron chi connectivity index (χ0n) is 10.1. The van der Waals surface area contributed by atoms with Crippen LogP contribution in [-0.2, 0) is 6.18 Å². The van der Waals surface area contributed by atoms with E-state index in [2.05, 4.69) is 0 Å². The molecule has 0 aliphatic carbocycles. The van der Waals surface area contributed by atoms with Crippen LogP contribution in [-0.4, -0.2) is 15.6 Å². The first-order valence-corrected chi connectivity index (χ1v) is 5.85. The van der Waals surface area contributed by atoms with Crippen LogP contribution < -0.4 is 0 Å². The number of nitrogens with zero attached hydrogens (tertiary/aromatic N) is 2. The zero-order chi connectivity index (χ0) is 15.8. The number of carbonyl (C=O) groups is 1. The van der Waals surface area contributed by atoms with Crippen molar-refractivity contribution in [2.24, 2.45) is 0 Å². The smallest absolute Gasteiger partial charge is 0.418 e. The lowest BCUT2D eigenvalue weighted by Crippen LogP contribution is -2.09.